The number of nitrogens with zero attached hydrogens (tertiary/aromatic N) is 2. The first-order chi connectivity index (χ1) is 10.1. The van der Waals surface area contributed by atoms with Gasteiger partial charge < -0.3 is 10.4 Å². The van der Waals surface area contributed by atoms with E-state index in [0.29, 0.717) is 18.7 Å². The van der Waals surface area contributed by atoms with E-state index in [9.17, 15) is 9.90 Å². The molecule has 2 N–H and O–H groups in total. The van der Waals surface area contributed by atoms with Crippen molar-refractivity contribution < 1.29 is 9.90 Å². The summed E-state index contributed by atoms with van der Waals surface area (Å²) in [6, 6.07) is 6.97. The highest BCUT2D eigenvalue weighted by Crippen LogP contribution is 2.16. The zero-order chi connectivity index (χ0) is 14.8. The Morgan fingerprint density at radius 1 is 1.33 bits per heavy atom. The monoisotopic (exact) mass is 301 g/mol. The third-order valence-electron chi connectivity index (χ3n) is 3.14. The van der Waals surface area contributed by atoms with E-state index >= 15 is 0 Å². The Morgan fingerprint density at radius 2 is 2.10 bits per heavy atom. The Morgan fingerprint density at radius 3 is 2.81 bits per heavy atom. The molecule has 0 atom stereocenters. The molecule has 3 rings (SSSR count). The SMILES string of the molecule is Cc1cn2cc(C(=O)NCCc3ccc(O)cc3)nc2s1. The Balaban J connectivity index is 1.58. The number of carbonyl (C=O) groups is 1. The molecular formula is C15H15N3O2S. The minimum atomic E-state index is -0.165. The number of hydrogen-bond donors (Lipinski definition) is 2. The summed E-state index contributed by atoms with van der Waals surface area (Å²) >= 11 is 1.56. The van der Waals surface area contributed by atoms with Gasteiger partial charge in [0.2, 0.25) is 0 Å². The van der Waals surface area contributed by atoms with Crippen molar-refractivity contribution in [3.05, 3.63) is 52.8 Å². The van der Waals surface area contributed by atoms with Crippen LogP contribution in [0.1, 0.15) is 20.9 Å². The number of carbonyl (C=O) groups excluding carboxylic acids is 1. The second-order valence-electron chi connectivity index (χ2n) is 4.83. The summed E-state index contributed by atoms with van der Waals surface area (Å²) in [7, 11) is 0. The van der Waals surface area contributed by atoms with Gasteiger partial charge in [-0.3, -0.25) is 9.20 Å². The minimum Gasteiger partial charge on any atom is -0.508 e. The Bertz CT molecular complexity index is 742. The Labute approximate surface area is 125 Å². The van der Waals surface area contributed by atoms with Crippen LogP contribution in [0.5, 0.6) is 5.75 Å². The van der Waals surface area contributed by atoms with Gasteiger partial charge in [-0.25, -0.2) is 4.98 Å². The van der Waals surface area contributed by atoms with E-state index in [1.165, 1.54) is 0 Å². The topological polar surface area (TPSA) is 66.6 Å². The van der Waals surface area contributed by atoms with Crippen LogP contribution in [0.4, 0.5) is 0 Å². The summed E-state index contributed by atoms with van der Waals surface area (Å²) in [5.74, 6) is 0.0819. The van der Waals surface area contributed by atoms with Crippen LogP contribution in [0, 0.1) is 6.92 Å². The van der Waals surface area contributed by atoms with Crippen LogP contribution in [0.25, 0.3) is 4.96 Å². The molecule has 3 aromatic rings. The van der Waals surface area contributed by atoms with E-state index in [0.717, 1.165) is 15.4 Å². The molecule has 0 spiro atoms. The predicted molar refractivity (Wildman–Crippen MR) is 82.0 cm³/mol. The molecule has 0 unspecified atom stereocenters. The number of benzene rings is 1. The number of nitrogens with one attached hydrogen (secondary N) is 1. The number of imidazole rings is 1. The van der Waals surface area contributed by atoms with Gasteiger partial charge in [0.15, 0.2) is 4.96 Å². The van der Waals surface area contributed by atoms with Crippen LogP contribution in [-0.2, 0) is 6.42 Å². The number of aromatic nitrogens is 2. The molecule has 0 saturated heterocycles. The summed E-state index contributed by atoms with van der Waals surface area (Å²) in [5.41, 5.74) is 1.50. The van der Waals surface area contributed by atoms with Crippen molar-refractivity contribution in [3.8, 4) is 5.75 Å². The molecule has 2 heterocycles. The molecule has 0 bridgehead atoms. The second-order valence-corrected chi connectivity index (χ2v) is 6.04. The van der Waals surface area contributed by atoms with Crippen LogP contribution in [-0.4, -0.2) is 26.9 Å². The maximum absolute atomic E-state index is 12.0. The summed E-state index contributed by atoms with van der Waals surface area (Å²) < 4.78 is 1.87. The van der Waals surface area contributed by atoms with Crippen molar-refractivity contribution in [2.75, 3.05) is 6.54 Å². The highest BCUT2D eigenvalue weighted by molar-refractivity contribution is 7.17. The van der Waals surface area contributed by atoms with E-state index in [-0.39, 0.29) is 11.7 Å². The van der Waals surface area contributed by atoms with Crippen molar-refractivity contribution >= 4 is 22.2 Å². The normalized spacial score (nSPS) is 10.9. The fourth-order valence-electron chi connectivity index (χ4n) is 2.09. The molecule has 0 aliphatic rings. The van der Waals surface area contributed by atoms with E-state index in [4.69, 9.17) is 0 Å². The van der Waals surface area contributed by atoms with Crippen molar-refractivity contribution in [3.63, 3.8) is 0 Å². The minimum absolute atomic E-state index is 0.165. The number of aromatic hydroxyl groups is 1. The number of thiazole rings is 1. The highest BCUT2D eigenvalue weighted by Gasteiger charge is 2.11. The lowest BCUT2D eigenvalue weighted by atomic mass is 10.1. The number of phenolic OH excluding ortho intramolecular Hbond substituents is 1. The van der Waals surface area contributed by atoms with Gasteiger partial charge in [0, 0.05) is 23.8 Å². The molecule has 0 fully saturated rings. The Kier molecular flexibility index (Phi) is 3.62. The number of fused-ring (bicyclic) bond motifs is 1. The van der Waals surface area contributed by atoms with E-state index in [2.05, 4.69) is 10.3 Å². The fraction of sp³-hybridized carbons (Fsp3) is 0.200. The maximum Gasteiger partial charge on any atom is 0.271 e. The van der Waals surface area contributed by atoms with Crippen LogP contribution >= 0.6 is 11.3 Å². The molecule has 2 aromatic heterocycles. The van der Waals surface area contributed by atoms with Crippen molar-refractivity contribution in [2.45, 2.75) is 13.3 Å². The molecule has 5 nitrogen and oxygen atoms in total. The summed E-state index contributed by atoms with van der Waals surface area (Å²) in [4.78, 5) is 18.3. The fourth-order valence-corrected chi connectivity index (χ4v) is 2.90. The molecule has 1 aromatic carbocycles. The molecule has 108 valence electrons. The zero-order valence-electron chi connectivity index (χ0n) is 11.5. The first kappa shape index (κ1) is 13.6. The number of aryl methyl sites for hydroxylation is 1. The number of phenols is 1. The molecule has 6 heteroatoms. The molecule has 1 amide bonds. The van der Waals surface area contributed by atoms with E-state index in [1.54, 1.807) is 29.7 Å². The third-order valence-corrected chi connectivity index (χ3v) is 4.05. The predicted octanol–water partition coefficient (Wildman–Crippen LogP) is 2.38. The van der Waals surface area contributed by atoms with Gasteiger partial charge in [-0.15, -0.1) is 11.3 Å². The largest absolute Gasteiger partial charge is 0.508 e. The summed E-state index contributed by atoms with van der Waals surface area (Å²) in [6.45, 7) is 2.55. The van der Waals surface area contributed by atoms with Gasteiger partial charge in [-0.2, -0.15) is 0 Å². The van der Waals surface area contributed by atoms with Gasteiger partial charge in [0.1, 0.15) is 11.4 Å². The van der Waals surface area contributed by atoms with Gasteiger partial charge in [0.05, 0.1) is 0 Å². The lowest BCUT2D eigenvalue weighted by Gasteiger charge is -2.03. The molecule has 0 aliphatic heterocycles. The second kappa shape index (κ2) is 5.57. The van der Waals surface area contributed by atoms with Crippen LogP contribution in [0.2, 0.25) is 0 Å². The third kappa shape index (κ3) is 3.05. The summed E-state index contributed by atoms with van der Waals surface area (Å²) in [6.07, 6.45) is 4.42. The number of rotatable bonds is 4. The van der Waals surface area contributed by atoms with Crippen molar-refractivity contribution in [1.29, 1.82) is 0 Å². The van der Waals surface area contributed by atoms with Gasteiger partial charge >= 0.3 is 0 Å². The molecule has 0 aliphatic carbocycles. The number of amides is 1. The Hall–Kier alpha value is -2.34. The molecule has 0 saturated carbocycles. The average Bonchev–Trinajstić information content (AvgIpc) is 2.98. The average molecular weight is 301 g/mol. The van der Waals surface area contributed by atoms with Crippen LogP contribution in [0.15, 0.2) is 36.7 Å². The molecule has 21 heavy (non-hydrogen) atoms. The molecular weight excluding hydrogens is 286 g/mol. The van der Waals surface area contributed by atoms with Gasteiger partial charge in [-0.1, -0.05) is 12.1 Å². The van der Waals surface area contributed by atoms with Crippen molar-refractivity contribution in [2.24, 2.45) is 0 Å². The van der Waals surface area contributed by atoms with E-state index < -0.39 is 0 Å². The lowest BCUT2D eigenvalue weighted by molar-refractivity contribution is 0.0950. The first-order valence-corrected chi connectivity index (χ1v) is 7.45. The zero-order valence-corrected chi connectivity index (χ0v) is 12.4. The number of hydrogen-bond acceptors (Lipinski definition) is 4. The van der Waals surface area contributed by atoms with Gasteiger partial charge in [0.25, 0.3) is 5.91 Å². The van der Waals surface area contributed by atoms with Crippen LogP contribution < -0.4 is 5.32 Å². The molecule has 0 radical (unpaired) electrons. The first-order valence-electron chi connectivity index (χ1n) is 6.63. The standard InChI is InChI=1S/C15H15N3O2S/c1-10-8-18-9-13(17-15(18)21-10)14(20)16-7-6-11-2-4-12(19)5-3-11/h2-5,8-9,19H,6-7H2,1H3,(H,16,20). The maximum atomic E-state index is 12.0. The van der Waals surface area contributed by atoms with Crippen molar-refractivity contribution in [1.82, 2.24) is 14.7 Å². The lowest BCUT2D eigenvalue weighted by Crippen LogP contribution is -2.25. The van der Waals surface area contributed by atoms with Gasteiger partial charge in [-0.05, 0) is 31.0 Å². The smallest absolute Gasteiger partial charge is 0.271 e. The highest BCUT2D eigenvalue weighted by atomic mass is 32.1. The van der Waals surface area contributed by atoms with E-state index in [1.807, 2.05) is 29.7 Å². The van der Waals surface area contributed by atoms with Crippen LogP contribution in [0.3, 0.4) is 0 Å². The quantitative estimate of drug-likeness (QED) is 0.777. The summed E-state index contributed by atoms with van der Waals surface area (Å²) in [5, 5.41) is 12.1.